The van der Waals surface area contributed by atoms with Crippen LogP contribution < -0.4 is 0 Å². The number of aryl methyl sites for hydroxylation is 1. The first-order valence-corrected chi connectivity index (χ1v) is 5.26. The molecule has 70 valence electrons. The molecule has 0 amide bonds. The second kappa shape index (κ2) is 2.72. The van der Waals surface area contributed by atoms with Crippen molar-refractivity contribution in [1.82, 2.24) is 14.0 Å². The van der Waals surface area contributed by atoms with Crippen LogP contribution >= 0.6 is 11.3 Å². The second-order valence-corrected chi connectivity index (χ2v) is 4.17. The van der Waals surface area contributed by atoms with Crippen molar-refractivity contribution in [3.05, 3.63) is 36.1 Å². The van der Waals surface area contributed by atoms with Crippen LogP contribution in [0.15, 0.2) is 36.1 Å². The summed E-state index contributed by atoms with van der Waals surface area (Å²) in [5, 5.41) is 2.07. The van der Waals surface area contributed by atoms with Gasteiger partial charge in [-0.3, -0.25) is 4.40 Å². The van der Waals surface area contributed by atoms with E-state index in [0.29, 0.717) is 0 Å². The summed E-state index contributed by atoms with van der Waals surface area (Å²) in [6, 6.07) is 4.14. The lowest BCUT2D eigenvalue weighted by molar-refractivity contribution is 0.938. The highest BCUT2D eigenvalue weighted by atomic mass is 32.1. The van der Waals surface area contributed by atoms with Crippen molar-refractivity contribution >= 4 is 17.1 Å². The minimum Gasteiger partial charge on any atom is -0.320 e. The number of aromatic nitrogens is 3. The van der Waals surface area contributed by atoms with Crippen molar-refractivity contribution < 1.29 is 0 Å². The lowest BCUT2D eigenvalue weighted by atomic mass is 10.4. The first-order chi connectivity index (χ1) is 6.84. The summed E-state index contributed by atoms with van der Waals surface area (Å²) in [7, 11) is 2.00. The van der Waals surface area contributed by atoms with Crippen LogP contribution in [0.25, 0.3) is 16.3 Å². The second-order valence-electron chi connectivity index (χ2n) is 3.22. The van der Waals surface area contributed by atoms with E-state index < -0.39 is 0 Å². The Labute approximate surface area is 85.3 Å². The van der Waals surface area contributed by atoms with Gasteiger partial charge in [0.15, 0.2) is 0 Å². The maximum Gasteiger partial charge on any atom is 0.214 e. The Morgan fingerprint density at radius 3 is 3.00 bits per heavy atom. The number of nitrogens with zero attached hydrogens (tertiary/aromatic N) is 3. The van der Waals surface area contributed by atoms with E-state index in [2.05, 4.69) is 22.6 Å². The van der Waals surface area contributed by atoms with Gasteiger partial charge in [-0.05, 0) is 11.4 Å². The first kappa shape index (κ1) is 7.82. The third kappa shape index (κ3) is 1.01. The van der Waals surface area contributed by atoms with Gasteiger partial charge < -0.3 is 4.57 Å². The standard InChI is InChI=1S/C10H9N3S/c1-12-4-5-13-7-8(11-10(12)13)9-3-2-6-14-9/h2-7H,1H3. The van der Waals surface area contributed by atoms with Gasteiger partial charge in [-0.15, -0.1) is 11.3 Å². The van der Waals surface area contributed by atoms with E-state index in [4.69, 9.17) is 0 Å². The van der Waals surface area contributed by atoms with Gasteiger partial charge >= 0.3 is 0 Å². The predicted octanol–water partition coefficient (Wildman–Crippen LogP) is 2.40. The normalized spacial score (nSPS) is 11.2. The Kier molecular flexibility index (Phi) is 1.52. The van der Waals surface area contributed by atoms with Crippen LogP contribution in [0.4, 0.5) is 0 Å². The molecular weight excluding hydrogens is 194 g/mol. The zero-order valence-corrected chi connectivity index (χ0v) is 8.53. The molecule has 0 saturated carbocycles. The molecule has 0 bridgehead atoms. The van der Waals surface area contributed by atoms with Crippen LogP contribution in [0.5, 0.6) is 0 Å². The third-order valence-electron chi connectivity index (χ3n) is 2.25. The minimum absolute atomic E-state index is 0.980. The molecule has 0 aliphatic carbocycles. The summed E-state index contributed by atoms with van der Waals surface area (Å²) >= 11 is 1.72. The lowest BCUT2D eigenvalue weighted by Gasteiger charge is -1.88. The van der Waals surface area contributed by atoms with Crippen LogP contribution in [-0.4, -0.2) is 14.0 Å². The quantitative estimate of drug-likeness (QED) is 0.595. The highest BCUT2D eigenvalue weighted by Gasteiger charge is 2.06. The third-order valence-corrected chi connectivity index (χ3v) is 3.15. The molecule has 3 heterocycles. The molecule has 0 aromatic carbocycles. The summed E-state index contributed by atoms with van der Waals surface area (Å²) in [4.78, 5) is 5.77. The van der Waals surface area contributed by atoms with E-state index in [1.54, 1.807) is 11.3 Å². The number of rotatable bonds is 1. The van der Waals surface area contributed by atoms with E-state index in [1.807, 2.05) is 34.5 Å². The van der Waals surface area contributed by atoms with Gasteiger partial charge in [0.2, 0.25) is 5.78 Å². The number of imidazole rings is 2. The first-order valence-electron chi connectivity index (χ1n) is 4.38. The molecule has 4 heteroatoms. The molecule has 3 rings (SSSR count). The average Bonchev–Trinajstić information content (AvgIpc) is 2.83. The summed E-state index contributed by atoms with van der Waals surface area (Å²) < 4.78 is 4.05. The van der Waals surface area contributed by atoms with Crippen molar-refractivity contribution in [1.29, 1.82) is 0 Å². The molecule has 0 fully saturated rings. The number of thiophene rings is 1. The maximum atomic E-state index is 4.55. The smallest absolute Gasteiger partial charge is 0.214 e. The van der Waals surface area contributed by atoms with Gasteiger partial charge in [0.1, 0.15) is 5.69 Å². The number of fused-ring (bicyclic) bond motifs is 1. The van der Waals surface area contributed by atoms with Crippen LogP contribution in [0.1, 0.15) is 0 Å². The molecule has 0 unspecified atom stereocenters. The Bertz CT molecular complexity index is 559. The van der Waals surface area contributed by atoms with E-state index in [9.17, 15) is 0 Å². The highest BCUT2D eigenvalue weighted by Crippen LogP contribution is 2.23. The van der Waals surface area contributed by atoms with Crippen molar-refractivity contribution in [3.63, 3.8) is 0 Å². The lowest BCUT2D eigenvalue weighted by Crippen LogP contribution is -1.85. The van der Waals surface area contributed by atoms with E-state index in [-0.39, 0.29) is 0 Å². The molecular formula is C10H9N3S. The maximum absolute atomic E-state index is 4.55. The van der Waals surface area contributed by atoms with Crippen molar-refractivity contribution in [2.24, 2.45) is 7.05 Å². The molecule has 0 atom stereocenters. The molecule has 0 aliphatic rings. The molecule has 0 aliphatic heterocycles. The molecule has 3 aromatic heterocycles. The molecule has 0 spiro atoms. The monoisotopic (exact) mass is 203 g/mol. The predicted molar refractivity (Wildman–Crippen MR) is 57.5 cm³/mol. The van der Waals surface area contributed by atoms with Crippen LogP contribution in [0, 0.1) is 0 Å². The topological polar surface area (TPSA) is 22.2 Å². The highest BCUT2D eigenvalue weighted by molar-refractivity contribution is 7.13. The SMILES string of the molecule is Cn1ccn2cc(-c3cccs3)nc12. The minimum atomic E-state index is 0.980. The largest absolute Gasteiger partial charge is 0.320 e. The fourth-order valence-corrected chi connectivity index (χ4v) is 2.22. The van der Waals surface area contributed by atoms with Gasteiger partial charge in [0, 0.05) is 25.6 Å². The van der Waals surface area contributed by atoms with E-state index in [0.717, 1.165) is 11.5 Å². The van der Waals surface area contributed by atoms with Gasteiger partial charge in [0.05, 0.1) is 4.88 Å². The van der Waals surface area contributed by atoms with Gasteiger partial charge in [-0.1, -0.05) is 6.07 Å². The Balaban J connectivity index is 2.24. The zero-order valence-electron chi connectivity index (χ0n) is 7.71. The molecule has 3 aromatic rings. The van der Waals surface area contributed by atoms with E-state index >= 15 is 0 Å². The molecule has 3 nitrogen and oxygen atoms in total. The summed E-state index contributed by atoms with van der Waals surface area (Å²) in [5.74, 6) is 0.980. The van der Waals surface area contributed by atoms with Crippen LogP contribution in [0.3, 0.4) is 0 Å². The summed E-state index contributed by atoms with van der Waals surface area (Å²) in [6.45, 7) is 0. The number of hydrogen-bond acceptors (Lipinski definition) is 2. The van der Waals surface area contributed by atoms with Crippen LogP contribution in [-0.2, 0) is 7.05 Å². The summed E-state index contributed by atoms with van der Waals surface area (Å²) in [6.07, 6.45) is 6.07. The fraction of sp³-hybridized carbons (Fsp3) is 0.100. The Morgan fingerprint density at radius 2 is 2.29 bits per heavy atom. The average molecular weight is 203 g/mol. The molecule has 0 radical (unpaired) electrons. The summed E-state index contributed by atoms with van der Waals surface area (Å²) in [5.41, 5.74) is 1.05. The molecule has 14 heavy (non-hydrogen) atoms. The molecule has 0 N–H and O–H groups in total. The Morgan fingerprint density at radius 1 is 1.36 bits per heavy atom. The van der Waals surface area contributed by atoms with Crippen molar-refractivity contribution in [3.8, 4) is 10.6 Å². The fourth-order valence-electron chi connectivity index (χ4n) is 1.54. The van der Waals surface area contributed by atoms with Gasteiger partial charge in [-0.2, -0.15) is 0 Å². The Hall–Kier alpha value is -1.55. The van der Waals surface area contributed by atoms with Crippen molar-refractivity contribution in [2.75, 3.05) is 0 Å². The zero-order chi connectivity index (χ0) is 9.54. The van der Waals surface area contributed by atoms with Crippen LogP contribution in [0.2, 0.25) is 0 Å². The molecule has 0 saturated heterocycles. The number of hydrogen-bond donors (Lipinski definition) is 0. The van der Waals surface area contributed by atoms with Gasteiger partial charge in [-0.25, -0.2) is 4.98 Å². The van der Waals surface area contributed by atoms with Gasteiger partial charge in [0.25, 0.3) is 0 Å². The van der Waals surface area contributed by atoms with Crippen molar-refractivity contribution in [2.45, 2.75) is 0 Å². The van der Waals surface area contributed by atoms with E-state index in [1.165, 1.54) is 4.88 Å².